The van der Waals surface area contributed by atoms with Gasteiger partial charge in [0.15, 0.2) is 37.7 Å². The van der Waals surface area contributed by atoms with Crippen LogP contribution < -0.4 is 10.6 Å². The zero-order valence-electron chi connectivity index (χ0n) is 41.2. The number of hydrogen-bond donors (Lipinski definition) is 29. The summed E-state index contributed by atoms with van der Waals surface area (Å²) in [6.07, 6.45) is -36.9. The number of rotatable bonds is 23. The van der Waals surface area contributed by atoms with Crippen LogP contribution in [0.3, 0.4) is 0 Å². The van der Waals surface area contributed by atoms with Crippen molar-refractivity contribution in [2.75, 3.05) is 33.0 Å². The molecule has 0 saturated carbocycles. The number of amides is 2. The Labute approximate surface area is 436 Å². The van der Waals surface area contributed by atoms with Gasteiger partial charge in [-0.2, -0.15) is 0 Å². The van der Waals surface area contributed by atoms with Crippen molar-refractivity contribution in [2.45, 2.75) is 180 Å². The number of ether oxygens (including phenoxy) is 2. The van der Waals surface area contributed by atoms with E-state index in [0.717, 1.165) is 0 Å². The largest absolute Gasteiger partial charge is 0.394 e. The summed E-state index contributed by atoms with van der Waals surface area (Å²) < 4.78 is 9.62. The van der Waals surface area contributed by atoms with Gasteiger partial charge in [0.25, 0.3) is 0 Å². The lowest BCUT2D eigenvalue weighted by Crippen LogP contribution is -2.63. The Morgan fingerprint density at radius 2 is 0.623 bits per heavy atom. The number of hydrogen-bond acceptors (Lipinski definition) is 35. The molecule has 2 rings (SSSR count). The van der Waals surface area contributed by atoms with E-state index in [2.05, 4.69) is 10.6 Å². The quantitative estimate of drug-likeness (QED) is 0.0423. The Hall–Kier alpha value is -3.54. The van der Waals surface area contributed by atoms with Crippen LogP contribution >= 0.6 is 0 Å². The lowest BCUT2D eigenvalue weighted by atomic mass is 9.97. The second kappa shape index (κ2) is 42.4. The zero-order chi connectivity index (χ0) is 61.4. The van der Waals surface area contributed by atoms with E-state index < -0.39 is 204 Å². The zero-order valence-corrected chi connectivity index (χ0v) is 41.2. The maximum Gasteiger partial charge on any atom is 0.217 e. The second-order valence-electron chi connectivity index (χ2n) is 16.3. The molecule has 2 aliphatic rings. The summed E-state index contributed by atoms with van der Waals surface area (Å²) in [5, 5.41) is 244. The topological polar surface area (TPSA) is 691 Å². The second-order valence-corrected chi connectivity index (χ2v) is 16.3. The SMILES string of the molecule is CC(=O)N[C@H]1C(O)O[C@H](CO)[C@H](O)[C@@H]1O.CC(=O)N[C@H]1C(O)O[C@H](CO)[C@H](O)[C@@H]1O.CC(O)C(O)C(O)C(O)C=O.O=CC(O)C(O)C(O)C(O)CO.O=CC(O)C(O)C(O)C(O)CO.O=CC(O)C(O)C(O)C(O)CO. The van der Waals surface area contributed by atoms with E-state index in [4.69, 9.17) is 117 Å². The molecule has 458 valence electrons. The van der Waals surface area contributed by atoms with Crippen molar-refractivity contribution in [3.05, 3.63) is 0 Å². The molecule has 2 fully saturated rings. The fourth-order valence-corrected chi connectivity index (χ4v) is 5.40. The Bertz CT molecular complexity index is 1450. The minimum Gasteiger partial charge on any atom is -0.394 e. The summed E-state index contributed by atoms with van der Waals surface area (Å²) in [6, 6.07) is -2.19. The van der Waals surface area contributed by atoms with Gasteiger partial charge < -0.3 is 177 Å². The molecule has 29 N–H and O–H groups in total. The maximum absolute atomic E-state index is 10.7. The third-order valence-corrected chi connectivity index (χ3v) is 10.1. The molecule has 2 saturated heterocycles. The highest BCUT2D eigenvalue weighted by atomic mass is 16.6. The van der Waals surface area contributed by atoms with Gasteiger partial charge in [0, 0.05) is 13.8 Å². The van der Waals surface area contributed by atoms with Crippen LogP contribution in [0.15, 0.2) is 0 Å². The van der Waals surface area contributed by atoms with Crippen LogP contribution in [0.1, 0.15) is 20.8 Å². The molecule has 0 aromatic rings. The number of nitrogens with one attached hydrogen (secondary N) is 2. The molecule has 2 aliphatic heterocycles. The highest BCUT2D eigenvalue weighted by Gasteiger charge is 2.45. The van der Waals surface area contributed by atoms with Gasteiger partial charge >= 0.3 is 0 Å². The fraction of sp³-hybridized carbons (Fsp3) is 0.850. The molecular weight excluding hydrogens is 1070 g/mol. The van der Waals surface area contributed by atoms with Crippen molar-refractivity contribution in [1.82, 2.24) is 10.6 Å². The van der Waals surface area contributed by atoms with Gasteiger partial charge in [0.2, 0.25) is 11.8 Å². The third-order valence-electron chi connectivity index (χ3n) is 10.1. The minimum atomic E-state index is -1.79. The summed E-state index contributed by atoms with van der Waals surface area (Å²) in [5.74, 6) is -0.923. The van der Waals surface area contributed by atoms with Crippen molar-refractivity contribution >= 4 is 37.0 Å². The molecule has 0 bridgehead atoms. The van der Waals surface area contributed by atoms with E-state index in [9.17, 15) is 59.4 Å². The van der Waals surface area contributed by atoms with Gasteiger partial charge in [-0.05, 0) is 6.92 Å². The van der Waals surface area contributed by atoms with E-state index in [-0.39, 0.29) is 25.1 Å². The first-order valence-electron chi connectivity index (χ1n) is 22.3. The summed E-state index contributed by atoms with van der Waals surface area (Å²) in [7, 11) is 0. The molecule has 26 atom stereocenters. The number of carbonyl (C=O) groups is 6. The first-order valence-corrected chi connectivity index (χ1v) is 22.3. The van der Waals surface area contributed by atoms with Crippen LogP contribution in [0.5, 0.6) is 0 Å². The van der Waals surface area contributed by atoms with Gasteiger partial charge in [0.1, 0.15) is 140 Å². The first kappa shape index (κ1) is 79.9. The van der Waals surface area contributed by atoms with Crippen molar-refractivity contribution in [3.63, 3.8) is 0 Å². The highest BCUT2D eigenvalue weighted by Crippen LogP contribution is 2.21. The van der Waals surface area contributed by atoms with E-state index in [1.807, 2.05) is 0 Å². The molecule has 18 unspecified atom stereocenters. The Morgan fingerprint density at radius 1 is 0.403 bits per heavy atom. The smallest absolute Gasteiger partial charge is 0.217 e. The van der Waals surface area contributed by atoms with Gasteiger partial charge in [-0.1, -0.05) is 0 Å². The monoisotopic (exact) mass is 1150 g/mol. The van der Waals surface area contributed by atoms with Crippen LogP contribution in [0.2, 0.25) is 0 Å². The summed E-state index contributed by atoms with van der Waals surface area (Å²) in [6.45, 7) is 0.334. The lowest BCUT2D eigenvalue weighted by Gasteiger charge is -2.40. The molecule has 37 heteroatoms. The molecule has 2 amide bonds. The third kappa shape index (κ3) is 29.5. The van der Waals surface area contributed by atoms with Gasteiger partial charge in [-0.25, -0.2) is 0 Å². The van der Waals surface area contributed by atoms with E-state index in [1.165, 1.54) is 20.8 Å². The first-order chi connectivity index (χ1) is 35.6. The molecule has 77 heavy (non-hydrogen) atoms. The van der Waals surface area contributed by atoms with E-state index in [0.29, 0.717) is 0 Å². The van der Waals surface area contributed by atoms with Crippen LogP contribution in [0.4, 0.5) is 0 Å². The Morgan fingerprint density at radius 3 is 0.792 bits per heavy atom. The molecule has 0 radical (unpaired) electrons. The molecule has 37 nitrogen and oxygen atoms in total. The number of carbonyl (C=O) groups excluding carboxylic acids is 6. The van der Waals surface area contributed by atoms with Crippen molar-refractivity contribution < 1.29 is 176 Å². The van der Waals surface area contributed by atoms with Crippen molar-refractivity contribution in [1.29, 1.82) is 0 Å². The summed E-state index contributed by atoms with van der Waals surface area (Å²) >= 11 is 0. The Kier molecular flexibility index (Phi) is 44.0. The van der Waals surface area contributed by atoms with Crippen molar-refractivity contribution in [3.8, 4) is 0 Å². The van der Waals surface area contributed by atoms with Crippen LogP contribution in [-0.4, -0.2) is 367 Å². The van der Waals surface area contributed by atoms with Crippen LogP contribution in [0.25, 0.3) is 0 Å². The number of aliphatic hydroxyl groups is 27. The number of aldehydes is 4. The maximum atomic E-state index is 10.7. The molecule has 0 spiro atoms. The summed E-state index contributed by atoms with van der Waals surface area (Å²) in [5.41, 5.74) is 0. The molecule has 0 aromatic heterocycles. The van der Waals surface area contributed by atoms with Gasteiger partial charge in [-0.15, -0.1) is 0 Å². The van der Waals surface area contributed by atoms with Crippen LogP contribution in [-0.2, 0) is 38.2 Å². The van der Waals surface area contributed by atoms with Crippen molar-refractivity contribution in [2.24, 2.45) is 0 Å². The predicted molar refractivity (Wildman–Crippen MR) is 242 cm³/mol. The van der Waals surface area contributed by atoms with Crippen LogP contribution in [0, 0.1) is 0 Å². The predicted octanol–water partition coefficient (Wildman–Crippen LogP) is -18.6. The molecular formula is C40H78N2O35. The molecule has 2 heterocycles. The van der Waals surface area contributed by atoms with Gasteiger partial charge in [0.05, 0.1) is 39.1 Å². The lowest BCUT2D eigenvalue weighted by molar-refractivity contribution is -0.253. The molecule has 0 aromatic carbocycles. The standard InChI is InChI=1S/2C8H15NO6.3C6H12O6.C6H12O5/c2*1-3(11)9-5-7(13)6(12)4(2-10)15-8(5)14;3*7-1-3(9)5(11)6(12)4(10)2-8;1-3(8)5(10)6(11)4(9)2-7/h2*4-8,10,12-14H,2H2,1H3,(H,9,11);3*1,3-6,8-12H,2H2;2-6,8-11H,1H3/t2*4-,5-,6+,7-,8?;;;;/m11..../s1. The van der Waals surface area contributed by atoms with Gasteiger partial charge in [-0.3, -0.25) is 9.59 Å². The normalized spacial score (nSPS) is 29.1. The summed E-state index contributed by atoms with van der Waals surface area (Å²) in [4.78, 5) is 61.0. The highest BCUT2D eigenvalue weighted by molar-refractivity contribution is 5.73. The average molecular weight is 1150 g/mol. The fourth-order valence-electron chi connectivity index (χ4n) is 5.40. The average Bonchev–Trinajstić information content (AvgIpc) is 3.42. The van der Waals surface area contributed by atoms with E-state index >= 15 is 0 Å². The number of aliphatic hydroxyl groups excluding tert-OH is 27. The Balaban J connectivity index is -0.000000417. The minimum absolute atomic E-state index is 0.0258. The molecule has 0 aliphatic carbocycles. The van der Waals surface area contributed by atoms with E-state index in [1.54, 1.807) is 0 Å².